The third kappa shape index (κ3) is 3.31. The summed E-state index contributed by atoms with van der Waals surface area (Å²) in [4.78, 5) is 3.43. The minimum atomic E-state index is 0.538. The molecule has 0 aliphatic heterocycles. The first kappa shape index (κ1) is 14.3. The summed E-state index contributed by atoms with van der Waals surface area (Å²) in [7, 11) is 0. The van der Waals surface area contributed by atoms with E-state index in [-0.39, 0.29) is 0 Å². The monoisotopic (exact) mass is 293 g/mol. The van der Waals surface area contributed by atoms with E-state index in [1.165, 1.54) is 5.39 Å². The van der Waals surface area contributed by atoms with Crippen LogP contribution in [0.25, 0.3) is 22.2 Å². The van der Waals surface area contributed by atoms with Gasteiger partial charge >= 0.3 is 0 Å². The zero-order valence-corrected chi connectivity index (χ0v) is 12.6. The zero-order valence-electron chi connectivity index (χ0n) is 12.6. The van der Waals surface area contributed by atoms with Crippen molar-refractivity contribution in [1.29, 1.82) is 0 Å². The number of allylic oxidation sites excluding steroid dienone is 1. The van der Waals surface area contributed by atoms with Gasteiger partial charge in [0.05, 0.1) is 6.26 Å². The normalized spacial score (nSPS) is 11.1. The summed E-state index contributed by atoms with van der Waals surface area (Å²) >= 11 is 0. The molecular weight excluding hydrogens is 274 g/mol. The number of hydrogen-bond donors (Lipinski definition) is 1. The van der Waals surface area contributed by atoms with Crippen LogP contribution >= 0.6 is 0 Å². The molecule has 0 aliphatic carbocycles. The Morgan fingerprint density at radius 3 is 2.59 bits per heavy atom. The van der Waals surface area contributed by atoms with E-state index in [4.69, 9.17) is 9.47 Å². The Balaban J connectivity index is 1.66. The molecule has 0 aliphatic rings. The lowest BCUT2D eigenvalue weighted by Gasteiger charge is -2.06. The van der Waals surface area contributed by atoms with Gasteiger partial charge in [-0.2, -0.15) is 0 Å². The second kappa shape index (κ2) is 6.85. The Bertz CT molecular complexity index is 723. The van der Waals surface area contributed by atoms with Crippen LogP contribution in [0.4, 0.5) is 0 Å². The highest BCUT2D eigenvalue weighted by atomic mass is 16.5. The molecule has 0 atom stereocenters. The van der Waals surface area contributed by atoms with Crippen LogP contribution in [0.3, 0.4) is 0 Å². The van der Waals surface area contributed by atoms with Gasteiger partial charge in [0.25, 0.3) is 0 Å². The van der Waals surface area contributed by atoms with Crippen molar-refractivity contribution in [1.82, 2.24) is 4.98 Å². The van der Waals surface area contributed by atoms with Gasteiger partial charge in [-0.3, -0.25) is 0 Å². The molecule has 0 amide bonds. The molecule has 0 saturated carbocycles. The number of rotatable bonds is 6. The van der Waals surface area contributed by atoms with E-state index in [9.17, 15) is 0 Å². The molecule has 0 unspecified atom stereocenters. The van der Waals surface area contributed by atoms with Crippen molar-refractivity contribution < 1.29 is 9.47 Å². The molecular formula is C19H19NO2. The third-order valence-electron chi connectivity index (χ3n) is 3.40. The summed E-state index contributed by atoms with van der Waals surface area (Å²) in [5, 5.41) is 1.22. The van der Waals surface area contributed by atoms with Crippen LogP contribution in [0.2, 0.25) is 0 Å². The van der Waals surface area contributed by atoms with Crippen molar-refractivity contribution >= 4 is 10.9 Å². The maximum atomic E-state index is 5.63. The van der Waals surface area contributed by atoms with Crippen molar-refractivity contribution in [2.75, 3.05) is 13.2 Å². The summed E-state index contributed by atoms with van der Waals surface area (Å²) in [6.45, 7) is 3.01. The third-order valence-corrected chi connectivity index (χ3v) is 3.40. The van der Waals surface area contributed by atoms with Crippen LogP contribution in [0, 0.1) is 0 Å². The average molecular weight is 293 g/mol. The summed E-state index contributed by atoms with van der Waals surface area (Å²) in [6.07, 6.45) is 3.53. The predicted octanol–water partition coefficient (Wildman–Crippen LogP) is 4.76. The highest BCUT2D eigenvalue weighted by Crippen LogP contribution is 2.25. The lowest BCUT2D eigenvalue weighted by molar-refractivity contribution is 0.179. The van der Waals surface area contributed by atoms with Gasteiger partial charge in [-0.25, -0.2) is 0 Å². The lowest BCUT2D eigenvalue weighted by atomic mass is 10.1. The first-order valence-electron chi connectivity index (χ1n) is 7.40. The molecule has 3 aromatic rings. The Morgan fingerprint density at radius 2 is 1.82 bits per heavy atom. The number of nitrogens with one attached hydrogen (secondary N) is 1. The van der Waals surface area contributed by atoms with E-state index >= 15 is 0 Å². The number of aromatic amines is 1. The SMILES string of the molecule is CC=COCCOc1ccc(-c2cc3ccccc3[nH]2)cc1. The molecule has 1 N–H and O–H groups in total. The van der Waals surface area contributed by atoms with E-state index < -0.39 is 0 Å². The van der Waals surface area contributed by atoms with Gasteiger partial charge in [0.2, 0.25) is 0 Å². The Hall–Kier alpha value is -2.68. The molecule has 2 aromatic carbocycles. The molecule has 0 radical (unpaired) electrons. The second-order valence-electron chi connectivity index (χ2n) is 4.98. The minimum Gasteiger partial charge on any atom is -0.498 e. The van der Waals surface area contributed by atoms with Crippen molar-refractivity contribution in [2.45, 2.75) is 6.92 Å². The molecule has 3 heteroatoms. The molecule has 0 fully saturated rings. The van der Waals surface area contributed by atoms with E-state index in [0.29, 0.717) is 13.2 Å². The van der Waals surface area contributed by atoms with Crippen LogP contribution in [0.15, 0.2) is 66.9 Å². The van der Waals surface area contributed by atoms with E-state index in [0.717, 1.165) is 22.5 Å². The topological polar surface area (TPSA) is 34.2 Å². The minimum absolute atomic E-state index is 0.538. The van der Waals surface area contributed by atoms with Crippen molar-refractivity contribution in [3.8, 4) is 17.0 Å². The number of ether oxygens (including phenoxy) is 2. The zero-order chi connectivity index (χ0) is 15.2. The Morgan fingerprint density at radius 1 is 1.00 bits per heavy atom. The fourth-order valence-electron chi connectivity index (χ4n) is 2.33. The lowest BCUT2D eigenvalue weighted by Crippen LogP contribution is -2.03. The van der Waals surface area contributed by atoms with E-state index in [2.05, 4.69) is 35.3 Å². The molecule has 1 aromatic heterocycles. The highest BCUT2D eigenvalue weighted by molar-refractivity contribution is 5.85. The number of para-hydroxylation sites is 1. The smallest absolute Gasteiger partial charge is 0.122 e. The fourth-order valence-corrected chi connectivity index (χ4v) is 2.33. The van der Waals surface area contributed by atoms with Gasteiger partial charge in [0, 0.05) is 16.6 Å². The summed E-state index contributed by atoms with van der Waals surface area (Å²) in [5.74, 6) is 0.851. The molecule has 0 spiro atoms. The number of H-pyrrole nitrogens is 1. The average Bonchev–Trinajstić information content (AvgIpc) is 2.99. The van der Waals surface area contributed by atoms with Crippen LogP contribution in [-0.4, -0.2) is 18.2 Å². The molecule has 3 nitrogen and oxygen atoms in total. The summed E-state index contributed by atoms with van der Waals surface area (Å²) in [6, 6.07) is 18.5. The van der Waals surface area contributed by atoms with Crippen molar-refractivity contribution in [3.05, 3.63) is 66.9 Å². The quantitative estimate of drug-likeness (QED) is 0.525. The van der Waals surface area contributed by atoms with Gasteiger partial charge in [-0.05, 0) is 48.9 Å². The van der Waals surface area contributed by atoms with Crippen LogP contribution in [-0.2, 0) is 4.74 Å². The number of fused-ring (bicyclic) bond motifs is 1. The maximum Gasteiger partial charge on any atom is 0.122 e. The van der Waals surface area contributed by atoms with Crippen molar-refractivity contribution in [3.63, 3.8) is 0 Å². The van der Waals surface area contributed by atoms with Crippen LogP contribution in [0.1, 0.15) is 6.92 Å². The predicted molar refractivity (Wildman–Crippen MR) is 90.0 cm³/mol. The largest absolute Gasteiger partial charge is 0.498 e. The van der Waals surface area contributed by atoms with Gasteiger partial charge < -0.3 is 14.5 Å². The van der Waals surface area contributed by atoms with Crippen LogP contribution in [0.5, 0.6) is 5.75 Å². The number of hydrogen-bond acceptors (Lipinski definition) is 2. The molecule has 0 bridgehead atoms. The number of benzene rings is 2. The van der Waals surface area contributed by atoms with Gasteiger partial charge in [-0.15, -0.1) is 0 Å². The highest BCUT2D eigenvalue weighted by Gasteiger charge is 2.03. The van der Waals surface area contributed by atoms with E-state index in [1.807, 2.05) is 37.3 Å². The molecule has 112 valence electrons. The van der Waals surface area contributed by atoms with Crippen molar-refractivity contribution in [2.24, 2.45) is 0 Å². The fraction of sp³-hybridized carbons (Fsp3) is 0.158. The summed E-state index contributed by atoms with van der Waals surface area (Å²) in [5.41, 5.74) is 3.41. The maximum absolute atomic E-state index is 5.63. The van der Waals surface area contributed by atoms with Crippen LogP contribution < -0.4 is 4.74 Å². The van der Waals surface area contributed by atoms with Gasteiger partial charge in [-0.1, -0.05) is 24.3 Å². The first-order chi connectivity index (χ1) is 10.9. The molecule has 22 heavy (non-hydrogen) atoms. The molecule has 1 heterocycles. The first-order valence-corrected chi connectivity index (χ1v) is 7.40. The standard InChI is InChI=1S/C19H19NO2/c1-2-11-21-12-13-22-17-9-7-15(8-10-17)19-14-16-5-3-4-6-18(16)20-19/h2-11,14,20H,12-13H2,1H3. The summed E-state index contributed by atoms with van der Waals surface area (Å²) < 4.78 is 10.9. The molecule has 3 rings (SSSR count). The second-order valence-corrected chi connectivity index (χ2v) is 4.98. The Kier molecular flexibility index (Phi) is 4.44. The van der Waals surface area contributed by atoms with E-state index in [1.54, 1.807) is 6.26 Å². The molecule has 0 saturated heterocycles. The Labute approximate surface area is 130 Å². The van der Waals surface area contributed by atoms with Gasteiger partial charge in [0.1, 0.15) is 19.0 Å². The van der Waals surface area contributed by atoms with Gasteiger partial charge in [0.15, 0.2) is 0 Å². The number of aromatic nitrogens is 1.